The van der Waals surface area contributed by atoms with Gasteiger partial charge in [-0.15, -0.1) is 5.10 Å². The van der Waals surface area contributed by atoms with Gasteiger partial charge in [-0.05, 0) is 48.0 Å². The number of nitrogens with one attached hydrogen (secondary N) is 1. The maximum atomic E-state index is 11.4. The highest BCUT2D eigenvalue weighted by Crippen LogP contribution is 2.25. The molecule has 3 aromatic rings. The standard InChI is InChI=1S/C19H17ClN6O2S/c20-13-3-6-15-16(7-9-23-18(15)11-13)22-10-8-17-19(25-26-24-17)12-1-4-14(5-2-12)29(21,27)28/h1-7,9,11,17H,8,10H2,(H,22,23)(H2,21,27,28). The van der Waals surface area contributed by atoms with Gasteiger partial charge in [0.25, 0.3) is 0 Å². The first-order valence-corrected chi connectivity index (χ1v) is 10.7. The summed E-state index contributed by atoms with van der Waals surface area (Å²) in [5, 5.41) is 22.2. The molecule has 2 heterocycles. The molecule has 8 nitrogen and oxygen atoms in total. The van der Waals surface area contributed by atoms with Crippen LogP contribution in [0.2, 0.25) is 5.02 Å². The molecule has 0 amide bonds. The third kappa shape index (κ3) is 4.26. The fourth-order valence-electron chi connectivity index (χ4n) is 3.14. The highest BCUT2D eigenvalue weighted by molar-refractivity contribution is 7.89. The molecule has 1 aliphatic rings. The van der Waals surface area contributed by atoms with Crippen molar-refractivity contribution in [2.24, 2.45) is 20.6 Å². The minimum Gasteiger partial charge on any atom is -0.384 e. The van der Waals surface area contributed by atoms with E-state index in [-0.39, 0.29) is 10.9 Å². The van der Waals surface area contributed by atoms with Crippen molar-refractivity contribution in [1.29, 1.82) is 0 Å². The summed E-state index contributed by atoms with van der Waals surface area (Å²) in [7, 11) is -3.73. The molecule has 29 heavy (non-hydrogen) atoms. The number of halogens is 1. The van der Waals surface area contributed by atoms with E-state index in [1.165, 1.54) is 12.1 Å². The highest BCUT2D eigenvalue weighted by Gasteiger charge is 2.22. The van der Waals surface area contributed by atoms with E-state index < -0.39 is 10.0 Å². The minimum absolute atomic E-state index is 0.0524. The Labute approximate surface area is 172 Å². The quantitative estimate of drug-likeness (QED) is 0.622. The van der Waals surface area contributed by atoms with Crippen molar-refractivity contribution in [2.75, 3.05) is 11.9 Å². The van der Waals surface area contributed by atoms with Crippen LogP contribution in [0.5, 0.6) is 0 Å². The van der Waals surface area contributed by atoms with E-state index in [1.54, 1.807) is 18.3 Å². The van der Waals surface area contributed by atoms with Crippen molar-refractivity contribution in [3.05, 3.63) is 65.3 Å². The summed E-state index contributed by atoms with van der Waals surface area (Å²) in [6.45, 7) is 0.639. The van der Waals surface area contributed by atoms with Crippen LogP contribution >= 0.6 is 11.6 Å². The lowest BCUT2D eigenvalue weighted by Crippen LogP contribution is -2.21. The molecule has 148 valence electrons. The Balaban J connectivity index is 1.44. The molecule has 0 fully saturated rings. The Morgan fingerprint density at radius 1 is 1.10 bits per heavy atom. The first-order chi connectivity index (χ1) is 13.9. The summed E-state index contributed by atoms with van der Waals surface area (Å²) in [6, 6.07) is 13.5. The summed E-state index contributed by atoms with van der Waals surface area (Å²) in [5.41, 5.74) is 3.23. The third-order valence-corrected chi connectivity index (χ3v) is 5.74. The Bertz CT molecular complexity index is 1230. The molecule has 0 radical (unpaired) electrons. The van der Waals surface area contributed by atoms with Crippen LogP contribution in [0.1, 0.15) is 12.0 Å². The van der Waals surface area contributed by atoms with Crippen LogP contribution in [0, 0.1) is 0 Å². The van der Waals surface area contributed by atoms with E-state index in [9.17, 15) is 8.42 Å². The summed E-state index contributed by atoms with van der Waals surface area (Å²) in [4.78, 5) is 4.39. The van der Waals surface area contributed by atoms with E-state index >= 15 is 0 Å². The lowest BCUT2D eigenvalue weighted by molar-refractivity contribution is 0.598. The van der Waals surface area contributed by atoms with Gasteiger partial charge in [0.2, 0.25) is 10.0 Å². The van der Waals surface area contributed by atoms with E-state index in [0.717, 1.165) is 22.2 Å². The average Bonchev–Trinajstić information content (AvgIpc) is 3.16. The molecule has 0 saturated carbocycles. The van der Waals surface area contributed by atoms with Crippen LogP contribution in [0.15, 0.2) is 75.1 Å². The topological polar surface area (TPSA) is 122 Å². The van der Waals surface area contributed by atoms with Crippen LogP contribution < -0.4 is 10.5 Å². The number of fused-ring (bicyclic) bond motifs is 1. The van der Waals surface area contributed by atoms with E-state index in [4.69, 9.17) is 16.7 Å². The Morgan fingerprint density at radius 2 is 1.90 bits per heavy atom. The lowest BCUT2D eigenvalue weighted by Gasteiger charge is -2.13. The number of hydrogen-bond acceptors (Lipinski definition) is 7. The Kier molecular flexibility index (Phi) is 5.27. The zero-order chi connectivity index (χ0) is 20.4. The Morgan fingerprint density at radius 3 is 2.66 bits per heavy atom. The van der Waals surface area contributed by atoms with Crippen molar-refractivity contribution in [1.82, 2.24) is 4.98 Å². The zero-order valence-corrected chi connectivity index (χ0v) is 16.7. The predicted molar refractivity (Wildman–Crippen MR) is 113 cm³/mol. The smallest absolute Gasteiger partial charge is 0.238 e. The molecule has 1 aromatic heterocycles. The number of hydrogen-bond donors (Lipinski definition) is 2. The minimum atomic E-state index is -3.73. The molecule has 0 aliphatic carbocycles. The van der Waals surface area contributed by atoms with Gasteiger partial charge in [-0.1, -0.05) is 23.7 Å². The molecular weight excluding hydrogens is 412 g/mol. The van der Waals surface area contributed by atoms with Gasteiger partial charge in [0.05, 0.1) is 16.1 Å². The number of aromatic nitrogens is 1. The number of pyridine rings is 1. The molecule has 3 N–H and O–H groups in total. The van der Waals surface area contributed by atoms with Crippen molar-refractivity contribution < 1.29 is 8.42 Å². The maximum absolute atomic E-state index is 11.4. The van der Waals surface area contributed by atoms with Crippen LogP contribution in [-0.4, -0.2) is 31.7 Å². The summed E-state index contributed by atoms with van der Waals surface area (Å²) >= 11 is 6.03. The Hall–Kier alpha value is -2.88. The predicted octanol–water partition coefficient (Wildman–Crippen LogP) is 3.58. The van der Waals surface area contributed by atoms with Gasteiger partial charge < -0.3 is 5.32 Å². The van der Waals surface area contributed by atoms with Crippen LogP contribution in [0.25, 0.3) is 10.9 Å². The molecule has 1 atom stereocenters. The fraction of sp³-hybridized carbons (Fsp3) is 0.158. The van der Waals surface area contributed by atoms with Gasteiger partial charge in [-0.25, -0.2) is 13.6 Å². The SMILES string of the molecule is NS(=O)(=O)c1ccc(C2=NN=NC2CCNc2ccnc3cc(Cl)ccc23)cc1. The fourth-order valence-corrected chi connectivity index (χ4v) is 3.82. The molecule has 10 heteroatoms. The maximum Gasteiger partial charge on any atom is 0.238 e. The van der Waals surface area contributed by atoms with E-state index in [0.29, 0.717) is 23.7 Å². The van der Waals surface area contributed by atoms with Crippen molar-refractivity contribution in [2.45, 2.75) is 17.4 Å². The second-order valence-corrected chi connectivity index (χ2v) is 8.51. The number of anilines is 1. The number of nitrogens with zero attached hydrogens (tertiary/aromatic N) is 4. The van der Waals surface area contributed by atoms with E-state index in [1.807, 2.05) is 24.3 Å². The van der Waals surface area contributed by atoms with Crippen LogP contribution in [-0.2, 0) is 10.0 Å². The number of nitrogens with two attached hydrogens (primary N) is 1. The first kappa shape index (κ1) is 19.4. The molecular formula is C19H17ClN6O2S. The molecule has 4 rings (SSSR count). The molecule has 0 saturated heterocycles. The monoisotopic (exact) mass is 428 g/mol. The zero-order valence-electron chi connectivity index (χ0n) is 15.2. The van der Waals surface area contributed by atoms with Gasteiger partial charge in [-0.2, -0.15) is 5.11 Å². The van der Waals surface area contributed by atoms with Crippen molar-refractivity contribution in [3.8, 4) is 0 Å². The third-order valence-electron chi connectivity index (χ3n) is 4.58. The molecule has 1 aliphatic heterocycles. The second kappa shape index (κ2) is 7.86. The highest BCUT2D eigenvalue weighted by atomic mass is 35.5. The van der Waals surface area contributed by atoms with E-state index in [2.05, 4.69) is 25.7 Å². The van der Waals surface area contributed by atoms with Gasteiger partial charge in [-0.3, -0.25) is 4.98 Å². The first-order valence-electron chi connectivity index (χ1n) is 8.81. The van der Waals surface area contributed by atoms with Gasteiger partial charge in [0.15, 0.2) is 0 Å². The number of rotatable bonds is 6. The number of benzene rings is 2. The largest absolute Gasteiger partial charge is 0.384 e. The number of sulfonamides is 1. The van der Waals surface area contributed by atoms with Gasteiger partial charge in [0, 0.05) is 34.4 Å². The van der Waals surface area contributed by atoms with Gasteiger partial charge >= 0.3 is 0 Å². The molecule has 1 unspecified atom stereocenters. The lowest BCUT2D eigenvalue weighted by atomic mass is 10.0. The summed E-state index contributed by atoms with van der Waals surface area (Å²) in [5.74, 6) is 0. The summed E-state index contributed by atoms with van der Waals surface area (Å²) in [6.07, 6.45) is 2.40. The van der Waals surface area contributed by atoms with Gasteiger partial charge in [0.1, 0.15) is 6.04 Å². The van der Waals surface area contributed by atoms with Crippen LogP contribution in [0.4, 0.5) is 5.69 Å². The van der Waals surface area contributed by atoms with Crippen molar-refractivity contribution >= 4 is 43.9 Å². The number of primary sulfonamides is 1. The second-order valence-electron chi connectivity index (χ2n) is 6.51. The molecule has 0 spiro atoms. The van der Waals surface area contributed by atoms with Crippen LogP contribution in [0.3, 0.4) is 0 Å². The van der Waals surface area contributed by atoms with Crippen molar-refractivity contribution in [3.63, 3.8) is 0 Å². The molecule has 0 bridgehead atoms. The summed E-state index contributed by atoms with van der Waals surface area (Å²) < 4.78 is 22.8. The normalized spacial score (nSPS) is 16.2. The molecule has 2 aromatic carbocycles. The average molecular weight is 429 g/mol.